The summed E-state index contributed by atoms with van der Waals surface area (Å²) in [6.45, 7) is 3.29. The minimum atomic E-state index is -1.34. The lowest BCUT2D eigenvalue weighted by molar-refractivity contribution is -0.128. The first-order chi connectivity index (χ1) is 21.5. The van der Waals surface area contributed by atoms with E-state index in [2.05, 4.69) is 29.4 Å². The largest absolute Gasteiger partial charge is 0.459 e. The number of ether oxygens (including phenoxy) is 1. The van der Waals surface area contributed by atoms with E-state index in [-0.39, 0.29) is 37.0 Å². The van der Waals surface area contributed by atoms with Crippen LogP contribution in [0.1, 0.15) is 118 Å². The lowest BCUT2D eigenvalue weighted by Crippen LogP contribution is -2.48. The van der Waals surface area contributed by atoms with Gasteiger partial charge in [0.2, 0.25) is 11.8 Å². The molecule has 1 aromatic heterocycles. The third kappa shape index (κ3) is 7.71. The number of hydrogen-bond donors (Lipinski definition) is 5. The van der Waals surface area contributed by atoms with Gasteiger partial charge in [-0.2, -0.15) is 0 Å². The van der Waals surface area contributed by atoms with Gasteiger partial charge in [-0.3, -0.25) is 9.59 Å². The van der Waals surface area contributed by atoms with Crippen LogP contribution in [0.15, 0.2) is 16.5 Å². The molecule has 0 bridgehead atoms. The van der Waals surface area contributed by atoms with Crippen molar-refractivity contribution in [3.05, 3.63) is 34.6 Å². The minimum absolute atomic E-state index is 0.0306. The van der Waals surface area contributed by atoms with Crippen molar-refractivity contribution in [2.45, 2.75) is 121 Å². The Morgan fingerprint density at radius 1 is 1.04 bits per heavy atom. The third-order valence-corrected chi connectivity index (χ3v) is 9.55. The highest BCUT2D eigenvalue weighted by Crippen LogP contribution is 2.45. The van der Waals surface area contributed by atoms with Gasteiger partial charge in [0.05, 0.1) is 12.2 Å². The number of benzene rings is 1. The molecule has 10 nitrogen and oxygen atoms in total. The fraction of sp³-hybridized carbons (Fsp3) is 0.629. The van der Waals surface area contributed by atoms with Gasteiger partial charge in [0.1, 0.15) is 28.9 Å². The summed E-state index contributed by atoms with van der Waals surface area (Å²) < 4.78 is 12.5. The maximum absolute atomic E-state index is 14.0. The van der Waals surface area contributed by atoms with Gasteiger partial charge in [0.25, 0.3) is 0 Å². The maximum atomic E-state index is 14.0. The van der Waals surface area contributed by atoms with Gasteiger partial charge >= 0.3 is 5.97 Å². The third-order valence-electron chi connectivity index (χ3n) is 9.55. The summed E-state index contributed by atoms with van der Waals surface area (Å²) in [6.07, 6.45) is 8.61. The molecule has 0 unspecified atom stereocenters. The van der Waals surface area contributed by atoms with E-state index in [1.54, 1.807) is 12.1 Å². The summed E-state index contributed by atoms with van der Waals surface area (Å²) in [5, 5.41) is 37.7. The summed E-state index contributed by atoms with van der Waals surface area (Å²) in [5.41, 5.74) is -0.995. The van der Waals surface area contributed by atoms with Crippen molar-refractivity contribution in [2.24, 2.45) is 5.92 Å². The molecule has 45 heavy (non-hydrogen) atoms. The summed E-state index contributed by atoms with van der Waals surface area (Å²) in [4.78, 5) is 39.0. The summed E-state index contributed by atoms with van der Waals surface area (Å²) in [6, 6.07) is 2.52. The zero-order chi connectivity index (χ0) is 32.2. The normalized spacial score (nSPS) is 22.8. The average Bonchev–Trinajstić information content (AvgIpc) is 3.74. The molecule has 2 amide bonds. The predicted molar refractivity (Wildman–Crippen MR) is 167 cm³/mol. The van der Waals surface area contributed by atoms with Crippen molar-refractivity contribution in [2.75, 3.05) is 13.2 Å². The molecule has 3 saturated carbocycles. The molecule has 5 rings (SSSR count). The Kier molecular flexibility index (Phi) is 10.2. The van der Waals surface area contributed by atoms with E-state index in [0.717, 1.165) is 51.4 Å². The highest BCUT2D eigenvalue weighted by Gasteiger charge is 2.42. The molecular formula is C35H46N2O8. The molecule has 1 atom stereocenters. The Bertz CT molecular complexity index is 1460. The molecule has 2 aromatic rings. The Labute approximate surface area is 264 Å². The van der Waals surface area contributed by atoms with E-state index in [1.807, 2.05) is 0 Å². The van der Waals surface area contributed by atoms with Crippen LogP contribution in [0.5, 0.6) is 0 Å². The molecule has 3 aliphatic rings. The SMILES string of the molecule is CC(=O)N[C@@H](Cc1cc(C#CC2(O)CCCC2)c2oc(C3(O)CCCC3)c(C(=O)OC3CCC(C)CC3)c2c1)C(=O)NCCO. The van der Waals surface area contributed by atoms with Gasteiger partial charge in [-0.15, -0.1) is 0 Å². The van der Waals surface area contributed by atoms with Gasteiger partial charge in [-0.25, -0.2) is 4.79 Å². The second kappa shape index (κ2) is 13.9. The van der Waals surface area contributed by atoms with E-state index < -0.39 is 35.0 Å². The van der Waals surface area contributed by atoms with Crippen LogP contribution < -0.4 is 10.6 Å². The molecule has 10 heteroatoms. The topological polar surface area (TPSA) is 158 Å². The number of esters is 1. The Morgan fingerprint density at radius 3 is 2.36 bits per heavy atom. The smallest absolute Gasteiger partial charge is 0.342 e. The molecule has 0 spiro atoms. The van der Waals surface area contributed by atoms with Crippen LogP contribution in [0.25, 0.3) is 11.0 Å². The molecule has 0 aliphatic heterocycles. The molecule has 0 saturated heterocycles. The number of fused-ring (bicyclic) bond motifs is 1. The van der Waals surface area contributed by atoms with Crippen molar-refractivity contribution in [3.8, 4) is 11.8 Å². The van der Waals surface area contributed by atoms with Crippen LogP contribution in [0, 0.1) is 17.8 Å². The van der Waals surface area contributed by atoms with Crippen LogP contribution in [0.3, 0.4) is 0 Å². The van der Waals surface area contributed by atoms with Gasteiger partial charge in [-0.1, -0.05) is 18.8 Å². The molecule has 244 valence electrons. The standard InChI is InChI=1S/C35H46N2O8/c1-22-7-9-26(10-8-22)44-33(41)29-27-20-24(21-28(37-23(2)39)32(40)36-17-18-38)19-25(11-16-34(42)12-3-4-13-34)30(27)45-31(29)35(43)14-5-6-15-35/h19-20,22,26,28,38,42-43H,3-10,12-15,17-18,21H2,1-2H3,(H,36,40)(H,37,39)/t22?,26?,28-/m0/s1. The highest BCUT2D eigenvalue weighted by molar-refractivity contribution is 6.06. The van der Waals surface area contributed by atoms with Crippen molar-refractivity contribution < 1.29 is 38.9 Å². The van der Waals surface area contributed by atoms with Crippen LogP contribution in [-0.4, -0.2) is 64.0 Å². The van der Waals surface area contributed by atoms with Crippen molar-refractivity contribution in [1.82, 2.24) is 10.6 Å². The van der Waals surface area contributed by atoms with E-state index in [1.165, 1.54) is 6.92 Å². The first-order valence-electron chi connectivity index (χ1n) is 16.4. The molecule has 3 fully saturated rings. The van der Waals surface area contributed by atoms with Crippen molar-refractivity contribution >= 4 is 28.8 Å². The molecule has 1 heterocycles. The van der Waals surface area contributed by atoms with Gasteiger partial charge in [0.15, 0.2) is 11.3 Å². The summed E-state index contributed by atoms with van der Waals surface area (Å²) in [7, 11) is 0. The van der Waals surface area contributed by atoms with Crippen LogP contribution in [0.4, 0.5) is 0 Å². The van der Waals surface area contributed by atoms with E-state index in [4.69, 9.17) is 9.15 Å². The maximum Gasteiger partial charge on any atom is 0.342 e. The molecule has 1 aromatic carbocycles. The van der Waals surface area contributed by atoms with Crippen molar-refractivity contribution in [3.63, 3.8) is 0 Å². The zero-order valence-electron chi connectivity index (χ0n) is 26.4. The fourth-order valence-electron chi connectivity index (χ4n) is 7.01. The fourth-order valence-corrected chi connectivity index (χ4v) is 7.01. The number of hydrogen-bond acceptors (Lipinski definition) is 8. The number of carbonyl (C=O) groups is 3. The van der Waals surface area contributed by atoms with Crippen molar-refractivity contribution in [1.29, 1.82) is 0 Å². The van der Waals surface area contributed by atoms with Crippen LogP contribution in [-0.2, 0) is 26.3 Å². The number of nitrogens with one attached hydrogen (secondary N) is 2. The first-order valence-corrected chi connectivity index (χ1v) is 16.4. The Balaban J connectivity index is 1.63. The van der Waals surface area contributed by atoms with Crippen LogP contribution in [0.2, 0.25) is 0 Å². The summed E-state index contributed by atoms with van der Waals surface area (Å²) >= 11 is 0. The lowest BCUT2D eigenvalue weighted by atomic mass is 9.89. The van der Waals surface area contributed by atoms with Gasteiger partial charge < -0.3 is 35.1 Å². The zero-order valence-corrected chi connectivity index (χ0v) is 26.4. The molecule has 5 N–H and O–H groups in total. The number of aliphatic hydroxyl groups is 3. The number of amides is 2. The molecule has 0 radical (unpaired) electrons. The number of carbonyl (C=O) groups excluding carboxylic acids is 3. The highest BCUT2D eigenvalue weighted by atomic mass is 16.5. The summed E-state index contributed by atoms with van der Waals surface area (Å²) in [5.74, 6) is 5.46. The van der Waals surface area contributed by atoms with Crippen LogP contribution >= 0.6 is 0 Å². The minimum Gasteiger partial charge on any atom is -0.459 e. The Hall–Kier alpha value is -3.39. The lowest BCUT2D eigenvalue weighted by Gasteiger charge is -2.26. The predicted octanol–water partition coefficient (Wildman–Crippen LogP) is 3.74. The number of rotatable bonds is 9. The quantitative estimate of drug-likeness (QED) is 0.209. The van der Waals surface area contributed by atoms with E-state index >= 15 is 0 Å². The average molecular weight is 623 g/mol. The number of furan rings is 1. The van der Waals surface area contributed by atoms with Gasteiger partial charge in [0, 0.05) is 25.3 Å². The number of aliphatic hydroxyl groups excluding tert-OH is 1. The molecular weight excluding hydrogens is 576 g/mol. The first kappa shape index (κ1) is 33.0. The second-order valence-electron chi connectivity index (χ2n) is 13.3. The van der Waals surface area contributed by atoms with E-state index in [0.29, 0.717) is 53.7 Å². The Morgan fingerprint density at radius 2 is 1.71 bits per heavy atom. The monoisotopic (exact) mass is 622 g/mol. The molecule has 3 aliphatic carbocycles. The van der Waals surface area contributed by atoms with Gasteiger partial charge in [-0.05, 0) is 101 Å². The van der Waals surface area contributed by atoms with E-state index in [9.17, 15) is 29.7 Å². The second-order valence-corrected chi connectivity index (χ2v) is 13.3.